The van der Waals surface area contributed by atoms with Gasteiger partial charge in [0, 0.05) is 5.56 Å². The summed E-state index contributed by atoms with van der Waals surface area (Å²) < 4.78 is 11.0. The van der Waals surface area contributed by atoms with Crippen LogP contribution in [-0.2, 0) is 0 Å². The summed E-state index contributed by atoms with van der Waals surface area (Å²) in [6.07, 6.45) is 0. The zero-order chi connectivity index (χ0) is 14.5. The van der Waals surface area contributed by atoms with E-state index in [-0.39, 0.29) is 6.04 Å². The number of benzene rings is 2. The maximum Gasteiger partial charge on any atom is 0.124 e. The van der Waals surface area contributed by atoms with Gasteiger partial charge in [-0.15, -0.1) is 0 Å². The number of ether oxygens (including phenoxy) is 2. The number of aryl methyl sites for hydroxylation is 1. The minimum atomic E-state index is -0.231. The zero-order valence-electron chi connectivity index (χ0n) is 12.2. The van der Waals surface area contributed by atoms with Crippen molar-refractivity contribution in [3.05, 3.63) is 59.2 Å². The zero-order valence-corrected chi connectivity index (χ0v) is 12.2. The molecule has 0 fully saturated rings. The van der Waals surface area contributed by atoms with Crippen molar-refractivity contribution in [2.45, 2.75) is 19.9 Å². The number of methoxy groups -OCH3 is 1. The van der Waals surface area contributed by atoms with Crippen molar-refractivity contribution in [2.75, 3.05) is 13.7 Å². The van der Waals surface area contributed by atoms with Crippen LogP contribution in [0, 0.1) is 6.92 Å². The van der Waals surface area contributed by atoms with E-state index in [9.17, 15) is 0 Å². The molecule has 0 bridgehead atoms. The third-order valence-electron chi connectivity index (χ3n) is 3.25. The quantitative estimate of drug-likeness (QED) is 0.906. The molecule has 0 heterocycles. The van der Waals surface area contributed by atoms with Gasteiger partial charge in [0.2, 0.25) is 0 Å². The summed E-state index contributed by atoms with van der Waals surface area (Å²) in [5, 5.41) is 0. The lowest BCUT2D eigenvalue weighted by atomic mass is 9.97. The van der Waals surface area contributed by atoms with Crippen molar-refractivity contribution in [1.82, 2.24) is 0 Å². The van der Waals surface area contributed by atoms with Crippen LogP contribution in [0.5, 0.6) is 11.5 Å². The average molecular weight is 271 g/mol. The molecule has 0 aliphatic rings. The van der Waals surface area contributed by atoms with Crippen molar-refractivity contribution < 1.29 is 9.47 Å². The predicted octanol–water partition coefficient (Wildman–Crippen LogP) is 3.45. The SMILES string of the molecule is CCOc1cccc(C(N)c2ccc(C)cc2OC)c1. The fraction of sp³-hybridized carbons (Fsp3) is 0.294. The first-order valence-corrected chi connectivity index (χ1v) is 6.78. The largest absolute Gasteiger partial charge is 0.496 e. The topological polar surface area (TPSA) is 44.5 Å². The van der Waals surface area contributed by atoms with Gasteiger partial charge in [0.05, 0.1) is 19.8 Å². The molecule has 0 saturated carbocycles. The first-order valence-electron chi connectivity index (χ1n) is 6.78. The van der Waals surface area contributed by atoms with Gasteiger partial charge >= 0.3 is 0 Å². The van der Waals surface area contributed by atoms with E-state index in [1.807, 2.05) is 56.3 Å². The Morgan fingerprint density at radius 2 is 1.95 bits per heavy atom. The first-order chi connectivity index (χ1) is 9.65. The van der Waals surface area contributed by atoms with Gasteiger partial charge in [0.1, 0.15) is 11.5 Å². The number of rotatable bonds is 5. The summed E-state index contributed by atoms with van der Waals surface area (Å²) in [6.45, 7) is 4.65. The molecule has 0 amide bonds. The Morgan fingerprint density at radius 1 is 1.15 bits per heavy atom. The van der Waals surface area contributed by atoms with Crippen LogP contribution in [0.3, 0.4) is 0 Å². The van der Waals surface area contributed by atoms with Crippen LogP contribution in [0.1, 0.15) is 29.7 Å². The van der Waals surface area contributed by atoms with Crippen LogP contribution >= 0.6 is 0 Å². The van der Waals surface area contributed by atoms with E-state index < -0.39 is 0 Å². The third kappa shape index (κ3) is 3.11. The van der Waals surface area contributed by atoms with Gasteiger partial charge in [-0.25, -0.2) is 0 Å². The van der Waals surface area contributed by atoms with Gasteiger partial charge in [0.15, 0.2) is 0 Å². The monoisotopic (exact) mass is 271 g/mol. The lowest BCUT2D eigenvalue weighted by molar-refractivity contribution is 0.339. The maximum absolute atomic E-state index is 6.37. The molecule has 2 aromatic carbocycles. The van der Waals surface area contributed by atoms with Crippen molar-refractivity contribution in [2.24, 2.45) is 5.73 Å². The minimum Gasteiger partial charge on any atom is -0.496 e. The van der Waals surface area contributed by atoms with Gasteiger partial charge in [-0.3, -0.25) is 0 Å². The Hall–Kier alpha value is -2.00. The lowest BCUT2D eigenvalue weighted by Crippen LogP contribution is -2.13. The maximum atomic E-state index is 6.37. The fourth-order valence-electron chi connectivity index (χ4n) is 2.22. The molecule has 0 spiro atoms. The highest BCUT2D eigenvalue weighted by Crippen LogP contribution is 2.30. The summed E-state index contributed by atoms with van der Waals surface area (Å²) in [5.74, 6) is 1.66. The van der Waals surface area contributed by atoms with E-state index in [1.165, 1.54) is 0 Å². The van der Waals surface area contributed by atoms with Gasteiger partial charge in [0.25, 0.3) is 0 Å². The predicted molar refractivity (Wildman–Crippen MR) is 81.4 cm³/mol. The highest BCUT2D eigenvalue weighted by atomic mass is 16.5. The standard InChI is InChI=1S/C17H21NO2/c1-4-20-14-7-5-6-13(11-14)17(18)15-9-8-12(2)10-16(15)19-3/h5-11,17H,4,18H2,1-3H3. The second kappa shape index (κ2) is 6.44. The van der Waals surface area contributed by atoms with Crippen LogP contribution < -0.4 is 15.2 Å². The third-order valence-corrected chi connectivity index (χ3v) is 3.25. The summed E-state index contributed by atoms with van der Waals surface area (Å²) in [4.78, 5) is 0. The van der Waals surface area contributed by atoms with Crippen molar-refractivity contribution >= 4 is 0 Å². The van der Waals surface area contributed by atoms with E-state index in [2.05, 4.69) is 0 Å². The number of hydrogen-bond acceptors (Lipinski definition) is 3. The molecule has 2 aromatic rings. The Balaban J connectivity index is 2.35. The van der Waals surface area contributed by atoms with Crippen LogP contribution in [0.15, 0.2) is 42.5 Å². The van der Waals surface area contributed by atoms with Crippen LogP contribution in [0.25, 0.3) is 0 Å². The summed E-state index contributed by atoms with van der Waals surface area (Å²) in [7, 11) is 1.67. The molecule has 2 rings (SSSR count). The van der Waals surface area contributed by atoms with Gasteiger partial charge < -0.3 is 15.2 Å². The second-order valence-corrected chi connectivity index (χ2v) is 4.73. The molecule has 3 heteroatoms. The molecule has 1 atom stereocenters. The smallest absolute Gasteiger partial charge is 0.124 e. The van der Waals surface area contributed by atoms with Crippen molar-refractivity contribution in [3.8, 4) is 11.5 Å². The highest BCUT2D eigenvalue weighted by molar-refractivity contribution is 5.44. The molecule has 1 unspecified atom stereocenters. The molecular weight excluding hydrogens is 250 g/mol. The summed E-state index contributed by atoms with van der Waals surface area (Å²) in [6, 6.07) is 13.7. The van der Waals surface area contributed by atoms with Gasteiger partial charge in [-0.1, -0.05) is 24.3 Å². The van der Waals surface area contributed by atoms with Gasteiger partial charge in [-0.2, -0.15) is 0 Å². The summed E-state index contributed by atoms with van der Waals surface area (Å²) in [5.41, 5.74) is 9.52. The molecule has 106 valence electrons. The number of nitrogens with two attached hydrogens (primary N) is 1. The van der Waals surface area contributed by atoms with Crippen molar-refractivity contribution in [3.63, 3.8) is 0 Å². The van der Waals surface area contributed by atoms with Crippen LogP contribution in [0.2, 0.25) is 0 Å². The Bertz CT molecular complexity index is 581. The minimum absolute atomic E-state index is 0.231. The van der Waals surface area contributed by atoms with Gasteiger partial charge in [-0.05, 0) is 43.2 Å². The highest BCUT2D eigenvalue weighted by Gasteiger charge is 2.14. The second-order valence-electron chi connectivity index (χ2n) is 4.73. The molecule has 0 aliphatic heterocycles. The Labute approximate surface area is 120 Å². The van der Waals surface area contributed by atoms with E-state index in [0.717, 1.165) is 28.2 Å². The molecule has 3 nitrogen and oxygen atoms in total. The first kappa shape index (κ1) is 14.4. The molecule has 0 radical (unpaired) electrons. The van der Waals surface area contributed by atoms with E-state index in [0.29, 0.717) is 6.61 Å². The molecule has 0 aromatic heterocycles. The Kier molecular flexibility index (Phi) is 4.64. The van der Waals surface area contributed by atoms with Crippen LogP contribution in [0.4, 0.5) is 0 Å². The molecule has 2 N–H and O–H groups in total. The molecule has 0 saturated heterocycles. The number of hydrogen-bond donors (Lipinski definition) is 1. The van der Waals surface area contributed by atoms with Crippen LogP contribution in [-0.4, -0.2) is 13.7 Å². The van der Waals surface area contributed by atoms with E-state index in [4.69, 9.17) is 15.2 Å². The lowest BCUT2D eigenvalue weighted by Gasteiger charge is -2.17. The van der Waals surface area contributed by atoms with Crippen molar-refractivity contribution in [1.29, 1.82) is 0 Å². The Morgan fingerprint density at radius 3 is 2.65 bits per heavy atom. The molecule has 20 heavy (non-hydrogen) atoms. The van der Waals surface area contributed by atoms with E-state index in [1.54, 1.807) is 7.11 Å². The molecular formula is C17H21NO2. The summed E-state index contributed by atoms with van der Waals surface area (Å²) >= 11 is 0. The van der Waals surface area contributed by atoms with E-state index >= 15 is 0 Å². The normalized spacial score (nSPS) is 12.0. The average Bonchev–Trinajstić information content (AvgIpc) is 2.47. The molecule has 0 aliphatic carbocycles. The fourth-order valence-corrected chi connectivity index (χ4v) is 2.22.